The number of carbonyl (C=O) groups is 1. The van der Waals surface area contributed by atoms with Gasteiger partial charge in [0, 0.05) is 12.1 Å². The molecule has 0 amide bonds. The summed E-state index contributed by atoms with van der Waals surface area (Å²) >= 11 is 0. The highest BCUT2D eigenvalue weighted by Crippen LogP contribution is 2.25. The number of ether oxygens (including phenoxy) is 1. The van der Waals surface area contributed by atoms with Gasteiger partial charge in [0.1, 0.15) is 0 Å². The van der Waals surface area contributed by atoms with Crippen molar-refractivity contribution < 1.29 is 14.6 Å². The van der Waals surface area contributed by atoms with E-state index in [4.69, 9.17) is 9.84 Å². The van der Waals surface area contributed by atoms with Gasteiger partial charge in [0.2, 0.25) is 0 Å². The molecule has 16 heavy (non-hydrogen) atoms. The minimum atomic E-state index is -0.791. The molecule has 1 fully saturated rings. The highest BCUT2D eigenvalue weighted by Gasteiger charge is 2.32. The van der Waals surface area contributed by atoms with E-state index in [2.05, 4.69) is 25.7 Å². The Morgan fingerprint density at radius 1 is 1.56 bits per heavy atom. The van der Waals surface area contributed by atoms with Crippen LogP contribution in [-0.2, 0) is 9.53 Å². The zero-order valence-electron chi connectivity index (χ0n) is 10.5. The maximum atomic E-state index is 10.3. The number of carboxylic acid groups (broad SMARTS) is 1. The van der Waals surface area contributed by atoms with E-state index in [0.29, 0.717) is 31.2 Å². The first-order valence-corrected chi connectivity index (χ1v) is 6.07. The number of hydrogen-bond acceptors (Lipinski definition) is 3. The molecule has 0 unspecified atom stereocenters. The van der Waals surface area contributed by atoms with Crippen molar-refractivity contribution in [3.63, 3.8) is 0 Å². The molecule has 0 spiro atoms. The van der Waals surface area contributed by atoms with Gasteiger partial charge in [-0.05, 0) is 32.7 Å². The van der Waals surface area contributed by atoms with E-state index < -0.39 is 5.97 Å². The van der Waals surface area contributed by atoms with Crippen LogP contribution in [0.4, 0.5) is 0 Å². The molecule has 0 saturated carbocycles. The third-order valence-electron chi connectivity index (χ3n) is 3.34. The molecule has 1 aliphatic heterocycles. The van der Waals surface area contributed by atoms with Crippen LogP contribution in [0.15, 0.2) is 0 Å². The summed E-state index contributed by atoms with van der Waals surface area (Å²) in [6.07, 6.45) is 1.31. The Labute approximate surface area is 97.6 Å². The molecule has 0 bridgehead atoms. The van der Waals surface area contributed by atoms with Crippen LogP contribution in [0.25, 0.3) is 0 Å². The molecule has 1 rings (SSSR count). The second-order valence-electron chi connectivity index (χ2n) is 4.88. The summed E-state index contributed by atoms with van der Waals surface area (Å²) in [6.45, 7) is 8.75. The van der Waals surface area contributed by atoms with Crippen molar-refractivity contribution in [3.05, 3.63) is 0 Å². The maximum absolute atomic E-state index is 10.3. The topological polar surface area (TPSA) is 49.8 Å². The van der Waals surface area contributed by atoms with E-state index in [0.717, 1.165) is 6.54 Å². The quantitative estimate of drug-likeness (QED) is 0.703. The summed E-state index contributed by atoms with van der Waals surface area (Å²) in [4.78, 5) is 12.8. The van der Waals surface area contributed by atoms with Gasteiger partial charge in [-0.15, -0.1) is 0 Å². The van der Waals surface area contributed by atoms with Crippen molar-refractivity contribution in [1.29, 1.82) is 0 Å². The number of aliphatic carboxylic acids is 1. The van der Waals surface area contributed by atoms with Crippen molar-refractivity contribution in [1.82, 2.24) is 4.90 Å². The summed E-state index contributed by atoms with van der Waals surface area (Å²) in [6, 6.07) is 0.992. The lowest BCUT2D eigenvalue weighted by atomic mass is 10.0. The zero-order valence-corrected chi connectivity index (χ0v) is 10.5. The Morgan fingerprint density at radius 2 is 2.25 bits per heavy atom. The number of hydrogen-bond donors (Lipinski definition) is 1. The lowest BCUT2D eigenvalue weighted by molar-refractivity contribution is -0.138. The number of rotatable bonds is 6. The molecule has 2 atom stereocenters. The first-order valence-electron chi connectivity index (χ1n) is 6.07. The summed E-state index contributed by atoms with van der Waals surface area (Å²) < 4.78 is 5.46. The van der Waals surface area contributed by atoms with E-state index in [1.165, 1.54) is 6.42 Å². The normalized spacial score (nSPS) is 26.5. The first-order chi connectivity index (χ1) is 7.52. The van der Waals surface area contributed by atoms with Gasteiger partial charge in [-0.25, -0.2) is 0 Å². The fourth-order valence-corrected chi connectivity index (χ4v) is 2.30. The van der Waals surface area contributed by atoms with Crippen molar-refractivity contribution in [3.8, 4) is 0 Å². The highest BCUT2D eigenvalue weighted by molar-refractivity contribution is 5.66. The van der Waals surface area contributed by atoms with Crippen molar-refractivity contribution in [2.75, 3.05) is 19.8 Å². The molecular formula is C12H23NO3. The van der Waals surface area contributed by atoms with Crippen LogP contribution < -0.4 is 0 Å². The van der Waals surface area contributed by atoms with E-state index in [9.17, 15) is 4.79 Å². The molecule has 0 aromatic rings. The van der Waals surface area contributed by atoms with Gasteiger partial charge >= 0.3 is 5.97 Å². The van der Waals surface area contributed by atoms with Crippen LogP contribution in [0.3, 0.4) is 0 Å². The minimum absolute atomic E-state index is 0.1000. The molecule has 0 aromatic heterocycles. The molecule has 94 valence electrons. The average molecular weight is 229 g/mol. The molecule has 0 aromatic carbocycles. The van der Waals surface area contributed by atoms with E-state index >= 15 is 0 Å². The van der Waals surface area contributed by atoms with Crippen LogP contribution in [-0.4, -0.2) is 47.8 Å². The van der Waals surface area contributed by atoms with Gasteiger partial charge < -0.3 is 9.84 Å². The number of likely N-dealkylation sites (tertiary alicyclic amines) is 1. The smallest absolute Gasteiger partial charge is 0.305 e. The van der Waals surface area contributed by atoms with Crippen LogP contribution in [0.5, 0.6) is 0 Å². The molecule has 1 N–H and O–H groups in total. The second-order valence-corrected chi connectivity index (χ2v) is 4.88. The fourth-order valence-electron chi connectivity index (χ4n) is 2.30. The van der Waals surface area contributed by atoms with Crippen LogP contribution in [0, 0.1) is 5.92 Å². The van der Waals surface area contributed by atoms with Gasteiger partial charge in [0.05, 0.1) is 19.6 Å². The largest absolute Gasteiger partial charge is 0.481 e. The molecule has 4 nitrogen and oxygen atoms in total. The molecule has 1 heterocycles. The Balaban J connectivity index is 2.30. The minimum Gasteiger partial charge on any atom is -0.481 e. The Kier molecular flexibility index (Phi) is 5.22. The lowest BCUT2D eigenvalue weighted by Crippen LogP contribution is -2.40. The first kappa shape index (κ1) is 13.5. The summed E-state index contributed by atoms with van der Waals surface area (Å²) in [5.74, 6) is -0.146. The van der Waals surface area contributed by atoms with Gasteiger partial charge in [0.25, 0.3) is 0 Å². The van der Waals surface area contributed by atoms with Gasteiger partial charge in [0.15, 0.2) is 0 Å². The van der Waals surface area contributed by atoms with Crippen LogP contribution in [0.1, 0.15) is 33.6 Å². The van der Waals surface area contributed by atoms with E-state index in [1.54, 1.807) is 0 Å². The Bertz CT molecular complexity index is 230. The fraction of sp³-hybridized carbons (Fsp3) is 0.917. The maximum Gasteiger partial charge on any atom is 0.305 e. The molecule has 1 aliphatic rings. The van der Waals surface area contributed by atoms with E-state index in [1.807, 2.05) is 0 Å². The second kappa shape index (κ2) is 6.21. The van der Waals surface area contributed by atoms with Gasteiger partial charge in [-0.2, -0.15) is 0 Å². The Morgan fingerprint density at radius 3 is 2.81 bits per heavy atom. The molecular weight excluding hydrogens is 206 g/mol. The molecule has 0 radical (unpaired) electrons. The standard InChI is InChI=1S/C12H23NO3/c1-9(2)13-6-4-10(3)11(13)8-16-7-5-12(14)15/h9-11H,4-8H2,1-3H3,(H,14,15)/t10-,11+/m0/s1. The lowest BCUT2D eigenvalue weighted by Gasteiger charge is -2.30. The van der Waals surface area contributed by atoms with Crippen molar-refractivity contribution >= 4 is 5.97 Å². The predicted octanol–water partition coefficient (Wildman–Crippen LogP) is 1.60. The molecule has 0 aliphatic carbocycles. The number of nitrogens with zero attached hydrogens (tertiary/aromatic N) is 1. The molecule has 4 heteroatoms. The number of carboxylic acids is 1. The monoisotopic (exact) mass is 229 g/mol. The third kappa shape index (κ3) is 3.76. The zero-order chi connectivity index (χ0) is 12.1. The predicted molar refractivity (Wildman–Crippen MR) is 62.5 cm³/mol. The van der Waals surface area contributed by atoms with E-state index in [-0.39, 0.29) is 6.42 Å². The molecule has 1 saturated heterocycles. The summed E-state index contributed by atoms with van der Waals surface area (Å²) in [5.41, 5.74) is 0. The summed E-state index contributed by atoms with van der Waals surface area (Å²) in [5, 5.41) is 8.51. The van der Waals surface area contributed by atoms with Crippen LogP contribution >= 0.6 is 0 Å². The van der Waals surface area contributed by atoms with Gasteiger partial charge in [-0.3, -0.25) is 9.69 Å². The van der Waals surface area contributed by atoms with Crippen molar-refractivity contribution in [2.24, 2.45) is 5.92 Å². The Hall–Kier alpha value is -0.610. The highest BCUT2D eigenvalue weighted by atomic mass is 16.5. The summed E-state index contributed by atoms with van der Waals surface area (Å²) in [7, 11) is 0. The third-order valence-corrected chi connectivity index (χ3v) is 3.34. The SMILES string of the molecule is CC(C)N1CC[C@H](C)[C@H]1COCCC(=O)O. The average Bonchev–Trinajstić information content (AvgIpc) is 2.54. The van der Waals surface area contributed by atoms with Crippen LogP contribution in [0.2, 0.25) is 0 Å². The van der Waals surface area contributed by atoms with Gasteiger partial charge in [-0.1, -0.05) is 6.92 Å². The van der Waals surface area contributed by atoms with Crippen molar-refractivity contribution in [2.45, 2.75) is 45.7 Å².